The third-order valence-electron chi connectivity index (χ3n) is 2.92. The van der Waals surface area contributed by atoms with Gasteiger partial charge < -0.3 is 5.43 Å². The van der Waals surface area contributed by atoms with Crippen molar-refractivity contribution in [1.82, 2.24) is 14.9 Å². The number of hydrogen-bond acceptors (Lipinski definition) is 5. The standard InChI is InChI=1S/C12H17N5O2S/c1-8-3-11(17-13)4-9(2)12(8)20(18,19)16-7-10-5-14-15-6-10/h3-6,16-17H,7,13H2,1-2H3,(H,14,15). The van der Waals surface area contributed by atoms with Crippen molar-refractivity contribution in [1.29, 1.82) is 0 Å². The van der Waals surface area contributed by atoms with E-state index >= 15 is 0 Å². The van der Waals surface area contributed by atoms with E-state index in [-0.39, 0.29) is 11.4 Å². The van der Waals surface area contributed by atoms with Gasteiger partial charge in [0.25, 0.3) is 0 Å². The summed E-state index contributed by atoms with van der Waals surface area (Å²) in [5.74, 6) is 5.34. The van der Waals surface area contributed by atoms with Crippen molar-refractivity contribution >= 4 is 15.7 Å². The number of benzene rings is 1. The average molecular weight is 295 g/mol. The molecule has 0 aliphatic carbocycles. The minimum atomic E-state index is -3.58. The fourth-order valence-corrected chi connectivity index (χ4v) is 3.55. The molecule has 0 spiro atoms. The summed E-state index contributed by atoms with van der Waals surface area (Å²) in [4.78, 5) is 0.278. The van der Waals surface area contributed by atoms with Crippen molar-refractivity contribution in [3.63, 3.8) is 0 Å². The molecule has 108 valence electrons. The molecule has 0 fully saturated rings. The first kappa shape index (κ1) is 14.5. The molecule has 20 heavy (non-hydrogen) atoms. The monoisotopic (exact) mass is 295 g/mol. The van der Waals surface area contributed by atoms with Crippen LogP contribution in [0.4, 0.5) is 5.69 Å². The zero-order chi connectivity index (χ0) is 14.8. The zero-order valence-electron chi connectivity index (χ0n) is 11.3. The predicted molar refractivity (Wildman–Crippen MR) is 76.3 cm³/mol. The molecule has 0 aliphatic heterocycles. The molecule has 1 aromatic heterocycles. The number of nitrogens with one attached hydrogen (secondary N) is 3. The smallest absolute Gasteiger partial charge is 0.241 e. The van der Waals surface area contributed by atoms with Crippen LogP contribution in [-0.2, 0) is 16.6 Å². The number of nitrogen functional groups attached to an aromatic ring is 1. The van der Waals surface area contributed by atoms with Gasteiger partial charge in [-0.05, 0) is 37.1 Å². The molecule has 0 atom stereocenters. The van der Waals surface area contributed by atoms with Gasteiger partial charge in [-0.15, -0.1) is 0 Å². The molecule has 0 unspecified atom stereocenters. The molecule has 2 rings (SSSR count). The summed E-state index contributed by atoms with van der Waals surface area (Å²) >= 11 is 0. The highest BCUT2D eigenvalue weighted by atomic mass is 32.2. The van der Waals surface area contributed by atoms with Gasteiger partial charge in [0.05, 0.1) is 11.1 Å². The van der Waals surface area contributed by atoms with Crippen LogP contribution < -0.4 is 16.0 Å². The molecule has 0 radical (unpaired) electrons. The molecule has 1 heterocycles. The van der Waals surface area contributed by atoms with Gasteiger partial charge in [-0.25, -0.2) is 13.1 Å². The van der Waals surface area contributed by atoms with Gasteiger partial charge in [-0.1, -0.05) is 0 Å². The highest BCUT2D eigenvalue weighted by Gasteiger charge is 2.20. The van der Waals surface area contributed by atoms with Gasteiger partial charge in [-0.2, -0.15) is 5.10 Å². The molecule has 2 aromatic rings. The summed E-state index contributed by atoms with van der Waals surface area (Å²) in [5.41, 5.74) is 5.23. The molecule has 5 N–H and O–H groups in total. The lowest BCUT2D eigenvalue weighted by atomic mass is 10.1. The summed E-state index contributed by atoms with van der Waals surface area (Å²) < 4.78 is 27.3. The number of rotatable bonds is 5. The third kappa shape index (κ3) is 2.98. The molecule has 8 heteroatoms. The van der Waals surface area contributed by atoms with E-state index < -0.39 is 10.0 Å². The van der Waals surface area contributed by atoms with Gasteiger partial charge in [0.1, 0.15) is 0 Å². The Hall–Kier alpha value is -1.90. The van der Waals surface area contributed by atoms with E-state index in [9.17, 15) is 8.42 Å². The van der Waals surface area contributed by atoms with Gasteiger partial charge in [0.15, 0.2) is 0 Å². The Morgan fingerprint density at radius 1 is 1.30 bits per heavy atom. The minimum Gasteiger partial charge on any atom is -0.324 e. The number of aryl methyl sites for hydroxylation is 2. The fourth-order valence-electron chi connectivity index (χ4n) is 2.08. The van der Waals surface area contributed by atoms with Crippen LogP contribution in [0.5, 0.6) is 0 Å². The maximum absolute atomic E-state index is 12.4. The van der Waals surface area contributed by atoms with Crippen LogP contribution in [0, 0.1) is 13.8 Å². The van der Waals surface area contributed by atoms with Gasteiger partial charge in [0.2, 0.25) is 10.0 Å². The number of nitrogens with two attached hydrogens (primary N) is 1. The van der Waals surface area contributed by atoms with Crippen molar-refractivity contribution in [2.45, 2.75) is 25.3 Å². The number of aromatic amines is 1. The van der Waals surface area contributed by atoms with Crippen LogP contribution in [-0.4, -0.2) is 18.6 Å². The predicted octanol–water partition coefficient (Wildman–Crippen LogP) is 0.791. The molecular weight excluding hydrogens is 278 g/mol. The number of aromatic nitrogens is 2. The van der Waals surface area contributed by atoms with E-state index in [0.717, 1.165) is 5.56 Å². The number of sulfonamides is 1. The van der Waals surface area contributed by atoms with Crippen LogP contribution in [0.15, 0.2) is 29.4 Å². The van der Waals surface area contributed by atoms with E-state index in [1.807, 2.05) is 0 Å². The number of anilines is 1. The molecule has 0 aliphatic rings. The van der Waals surface area contributed by atoms with Crippen LogP contribution in [0.2, 0.25) is 0 Å². The van der Waals surface area contributed by atoms with E-state index in [4.69, 9.17) is 5.84 Å². The van der Waals surface area contributed by atoms with Gasteiger partial charge in [-0.3, -0.25) is 10.9 Å². The topological polar surface area (TPSA) is 113 Å². The van der Waals surface area contributed by atoms with Crippen molar-refractivity contribution in [2.24, 2.45) is 5.84 Å². The Balaban J connectivity index is 2.29. The quantitative estimate of drug-likeness (QED) is 0.481. The number of hydrogen-bond donors (Lipinski definition) is 4. The molecule has 0 saturated heterocycles. The Labute approximate surface area is 117 Å². The SMILES string of the molecule is Cc1cc(NN)cc(C)c1S(=O)(=O)NCc1cn[nH]c1. The lowest BCUT2D eigenvalue weighted by Crippen LogP contribution is -2.25. The Morgan fingerprint density at radius 3 is 2.45 bits per heavy atom. The molecule has 0 bridgehead atoms. The Kier molecular flexibility index (Phi) is 4.07. The highest BCUT2D eigenvalue weighted by Crippen LogP contribution is 2.24. The third-order valence-corrected chi connectivity index (χ3v) is 4.62. The van der Waals surface area contributed by atoms with Crippen LogP contribution in [0.3, 0.4) is 0 Å². The van der Waals surface area contributed by atoms with Gasteiger partial charge in [0, 0.05) is 24.0 Å². The summed E-state index contributed by atoms with van der Waals surface area (Å²) in [6, 6.07) is 3.39. The van der Waals surface area contributed by atoms with Crippen LogP contribution in [0.25, 0.3) is 0 Å². The van der Waals surface area contributed by atoms with Crippen molar-refractivity contribution in [3.05, 3.63) is 41.2 Å². The zero-order valence-corrected chi connectivity index (χ0v) is 12.1. The van der Waals surface area contributed by atoms with E-state index in [0.29, 0.717) is 16.8 Å². The molecule has 1 aromatic carbocycles. The van der Waals surface area contributed by atoms with Crippen LogP contribution in [0.1, 0.15) is 16.7 Å². The maximum atomic E-state index is 12.4. The van der Waals surface area contributed by atoms with Crippen molar-refractivity contribution in [2.75, 3.05) is 5.43 Å². The lowest BCUT2D eigenvalue weighted by molar-refractivity contribution is 0.580. The molecule has 7 nitrogen and oxygen atoms in total. The largest absolute Gasteiger partial charge is 0.324 e. The van der Waals surface area contributed by atoms with Gasteiger partial charge >= 0.3 is 0 Å². The maximum Gasteiger partial charge on any atom is 0.241 e. The van der Waals surface area contributed by atoms with E-state index in [2.05, 4.69) is 20.3 Å². The summed E-state index contributed by atoms with van der Waals surface area (Å²) in [5, 5.41) is 6.41. The number of H-pyrrole nitrogens is 1. The Bertz CT molecular complexity index is 672. The van der Waals surface area contributed by atoms with E-state index in [1.54, 1.807) is 38.4 Å². The Morgan fingerprint density at radius 2 is 1.95 bits per heavy atom. The second-order valence-electron chi connectivity index (χ2n) is 4.51. The van der Waals surface area contributed by atoms with Crippen LogP contribution >= 0.6 is 0 Å². The van der Waals surface area contributed by atoms with Crippen molar-refractivity contribution < 1.29 is 8.42 Å². The first-order valence-electron chi connectivity index (χ1n) is 5.99. The number of hydrazine groups is 1. The normalized spacial score (nSPS) is 11.6. The molecule has 0 saturated carbocycles. The molecular formula is C12H17N5O2S. The second-order valence-corrected chi connectivity index (χ2v) is 6.22. The summed E-state index contributed by atoms with van der Waals surface area (Å²) in [6.07, 6.45) is 3.22. The lowest BCUT2D eigenvalue weighted by Gasteiger charge is -2.13. The minimum absolute atomic E-state index is 0.189. The van der Waals surface area contributed by atoms with Crippen molar-refractivity contribution in [3.8, 4) is 0 Å². The summed E-state index contributed by atoms with van der Waals surface area (Å²) in [6.45, 7) is 3.66. The summed E-state index contributed by atoms with van der Waals surface area (Å²) in [7, 11) is -3.58. The first-order valence-corrected chi connectivity index (χ1v) is 7.47. The second kappa shape index (κ2) is 5.61. The van der Waals surface area contributed by atoms with E-state index in [1.165, 1.54) is 0 Å². The average Bonchev–Trinajstić information content (AvgIpc) is 2.88. The number of nitrogens with zero attached hydrogens (tertiary/aromatic N) is 1. The first-order chi connectivity index (χ1) is 9.44. The highest BCUT2D eigenvalue weighted by molar-refractivity contribution is 7.89. The fraction of sp³-hybridized carbons (Fsp3) is 0.250. The molecule has 0 amide bonds.